The summed E-state index contributed by atoms with van der Waals surface area (Å²) in [5.74, 6) is -1.12. The lowest BCUT2D eigenvalue weighted by Gasteiger charge is -2.22. The zero-order valence-corrected chi connectivity index (χ0v) is 14.7. The molecule has 1 aliphatic heterocycles. The van der Waals surface area contributed by atoms with Gasteiger partial charge < -0.3 is 19.3 Å². The molecule has 3 rings (SSSR count). The molecule has 2 aromatic rings. The molecule has 9 heteroatoms. The van der Waals surface area contributed by atoms with E-state index in [0.717, 1.165) is 37.4 Å². The fourth-order valence-electron chi connectivity index (χ4n) is 2.89. The summed E-state index contributed by atoms with van der Waals surface area (Å²) in [6.07, 6.45) is 1.22. The highest BCUT2D eigenvalue weighted by Gasteiger charge is 2.12. The molecule has 0 bridgehead atoms. The maximum absolute atomic E-state index is 13.0. The highest BCUT2D eigenvalue weighted by Crippen LogP contribution is 2.09. The van der Waals surface area contributed by atoms with Crippen LogP contribution in [-0.2, 0) is 11.3 Å². The van der Waals surface area contributed by atoms with Crippen LogP contribution in [0.1, 0.15) is 11.1 Å². The lowest BCUT2D eigenvalue weighted by Crippen LogP contribution is -3.14. The van der Waals surface area contributed by atoms with Gasteiger partial charge in [0.2, 0.25) is 0 Å². The van der Waals surface area contributed by atoms with Crippen molar-refractivity contribution in [3.8, 4) is 5.88 Å². The molecular formula is C18H21FN4O4. The van der Waals surface area contributed by atoms with Crippen LogP contribution in [0, 0.1) is 5.82 Å². The number of hydrogen-bond donors (Lipinski definition) is 2. The first-order valence-electron chi connectivity index (χ1n) is 8.74. The molecule has 1 aliphatic rings. The second-order valence-electron chi connectivity index (χ2n) is 6.34. The predicted octanol–water partition coefficient (Wildman–Crippen LogP) is -1.87. The Balaban J connectivity index is 1.74. The molecule has 1 aromatic carbocycles. The molecule has 2 heterocycles. The van der Waals surface area contributed by atoms with E-state index in [0.29, 0.717) is 12.1 Å². The number of halogens is 1. The van der Waals surface area contributed by atoms with Gasteiger partial charge in [0.1, 0.15) is 18.9 Å². The van der Waals surface area contributed by atoms with Gasteiger partial charge in [-0.15, -0.1) is 0 Å². The summed E-state index contributed by atoms with van der Waals surface area (Å²) in [7, 11) is 0. The largest absolute Gasteiger partial charge is 0.859 e. The predicted molar refractivity (Wildman–Crippen MR) is 95.1 cm³/mol. The van der Waals surface area contributed by atoms with Gasteiger partial charge in [-0.25, -0.2) is 9.18 Å². The molecule has 1 fully saturated rings. The summed E-state index contributed by atoms with van der Waals surface area (Å²) >= 11 is 0. The Morgan fingerprint density at radius 3 is 2.67 bits per heavy atom. The standard InChI is InChI=1S/C18H21FN4O4/c19-14-3-1-13(2-4-14)12-23-17(25)15(16(24)21-18(23)26)11-20-5-6-22-7-9-27-10-8-22/h1-4,11,25H,5-10,12H2,(H,21,24,26). The average Bonchev–Trinajstić information content (AvgIpc) is 2.66. The number of nitrogens with one attached hydrogen (secondary N) is 2. The minimum Gasteiger partial charge on any atom is -0.859 e. The molecule has 0 unspecified atom stereocenters. The first kappa shape index (κ1) is 19.0. The molecule has 0 saturated carbocycles. The molecule has 144 valence electrons. The quantitative estimate of drug-likeness (QED) is 0.577. The van der Waals surface area contributed by atoms with Gasteiger partial charge in [-0.2, -0.15) is 0 Å². The summed E-state index contributed by atoms with van der Waals surface area (Å²) < 4.78 is 19.2. The third-order valence-electron chi connectivity index (χ3n) is 4.45. The van der Waals surface area contributed by atoms with Crippen LogP contribution in [0.4, 0.5) is 4.39 Å². The Morgan fingerprint density at radius 1 is 1.26 bits per heavy atom. The maximum atomic E-state index is 13.0. The molecular weight excluding hydrogens is 355 g/mol. The molecule has 0 atom stereocenters. The van der Waals surface area contributed by atoms with Crippen molar-refractivity contribution < 1.29 is 19.1 Å². The molecule has 0 aliphatic carbocycles. The molecule has 1 aromatic heterocycles. The molecule has 0 radical (unpaired) electrons. The minimum absolute atomic E-state index is 0.0620. The Kier molecular flexibility index (Phi) is 6.15. The van der Waals surface area contributed by atoms with E-state index < -0.39 is 22.9 Å². The third-order valence-corrected chi connectivity index (χ3v) is 4.45. The van der Waals surface area contributed by atoms with Crippen LogP contribution in [0.25, 0.3) is 0 Å². The fourth-order valence-corrected chi connectivity index (χ4v) is 2.89. The zero-order chi connectivity index (χ0) is 19.2. The Morgan fingerprint density at radius 2 is 1.96 bits per heavy atom. The Bertz CT molecular complexity index is 914. The molecule has 8 nitrogen and oxygen atoms in total. The summed E-state index contributed by atoms with van der Waals surface area (Å²) in [4.78, 5) is 31.6. The van der Waals surface area contributed by atoms with Crippen LogP contribution in [0.15, 0.2) is 38.8 Å². The van der Waals surface area contributed by atoms with Crippen LogP contribution in [0.5, 0.6) is 5.88 Å². The number of benzene rings is 1. The Labute approximate surface area is 154 Å². The second kappa shape index (κ2) is 8.74. The van der Waals surface area contributed by atoms with E-state index in [-0.39, 0.29) is 12.1 Å². The van der Waals surface area contributed by atoms with Crippen LogP contribution >= 0.6 is 0 Å². The minimum atomic E-state index is -0.802. The number of ether oxygens (including phenoxy) is 1. The van der Waals surface area contributed by atoms with E-state index in [2.05, 4.69) is 9.98 Å². The number of aromatic amines is 1. The van der Waals surface area contributed by atoms with Gasteiger partial charge in [0.25, 0.3) is 5.56 Å². The summed E-state index contributed by atoms with van der Waals surface area (Å²) in [5.41, 5.74) is -1.18. The van der Waals surface area contributed by atoms with Gasteiger partial charge in [-0.1, -0.05) is 12.1 Å². The lowest BCUT2D eigenvalue weighted by molar-refractivity contribution is -0.906. The smallest absolute Gasteiger partial charge is 0.328 e. The second-order valence-corrected chi connectivity index (χ2v) is 6.34. The van der Waals surface area contributed by atoms with Crippen molar-refractivity contribution in [3.05, 3.63) is 62.0 Å². The molecule has 0 amide bonds. The van der Waals surface area contributed by atoms with Crippen LogP contribution in [0.3, 0.4) is 0 Å². The number of aliphatic imine (C=N–C) groups is 1. The summed E-state index contributed by atoms with van der Waals surface area (Å²) in [6.45, 7) is 4.44. The van der Waals surface area contributed by atoms with Crippen molar-refractivity contribution in [1.29, 1.82) is 0 Å². The van der Waals surface area contributed by atoms with Crippen LogP contribution < -0.4 is 21.3 Å². The van der Waals surface area contributed by atoms with Crippen molar-refractivity contribution in [1.82, 2.24) is 9.55 Å². The first-order valence-corrected chi connectivity index (χ1v) is 8.74. The molecule has 1 saturated heterocycles. The molecule has 2 N–H and O–H groups in total. The topological polar surface area (TPSA) is 104 Å². The summed E-state index contributed by atoms with van der Waals surface area (Å²) in [6, 6.07) is 5.44. The third kappa shape index (κ3) is 4.89. The van der Waals surface area contributed by atoms with E-state index in [4.69, 9.17) is 4.74 Å². The maximum Gasteiger partial charge on any atom is 0.328 e. The normalized spacial score (nSPS) is 15.4. The van der Waals surface area contributed by atoms with Gasteiger partial charge in [0.05, 0.1) is 38.4 Å². The van der Waals surface area contributed by atoms with Crippen molar-refractivity contribution in [2.75, 3.05) is 39.4 Å². The number of aromatic nitrogens is 2. The number of hydrogen-bond acceptors (Lipinski definition) is 5. The number of morpholine rings is 1. The highest BCUT2D eigenvalue weighted by atomic mass is 19.1. The van der Waals surface area contributed by atoms with Crippen LogP contribution in [0.2, 0.25) is 0 Å². The van der Waals surface area contributed by atoms with Gasteiger partial charge in [0.15, 0.2) is 0 Å². The fraction of sp³-hybridized carbons (Fsp3) is 0.389. The van der Waals surface area contributed by atoms with Gasteiger partial charge in [-0.05, 0) is 23.6 Å². The van der Waals surface area contributed by atoms with Gasteiger partial charge in [-0.3, -0.25) is 14.8 Å². The van der Waals surface area contributed by atoms with Crippen molar-refractivity contribution in [3.63, 3.8) is 0 Å². The molecule has 27 heavy (non-hydrogen) atoms. The van der Waals surface area contributed by atoms with Crippen LogP contribution in [-0.4, -0.2) is 55.2 Å². The van der Waals surface area contributed by atoms with E-state index in [9.17, 15) is 19.1 Å². The van der Waals surface area contributed by atoms with E-state index in [1.54, 1.807) is 0 Å². The van der Waals surface area contributed by atoms with Crippen molar-refractivity contribution in [2.24, 2.45) is 4.99 Å². The Hall–Kier alpha value is -2.78. The van der Waals surface area contributed by atoms with Crippen molar-refractivity contribution in [2.45, 2.75) is 6.54 Å². The SMILES string of the molecule is O=c1[nH]c(=O)n(Cc2ccc(F)cc2)c([O-])c1C=NCC[NH+]1CCOCC1. The number of H-pyrrole nitrogens is 1. The zero-order valence-electron chi connectivity index (χ0n) is 14.7. The molecule has 0 spiro atoms. The van der Waals surface area contributed by atoms with E-state index >= 15 is 0 Å². The van der Waals surface area contributed by atoms with Gasteiger partial charge in [0, 0.05) is 6.21 Å². The van der Waals surface area contributed by atoms with Gasteiger partial charge >= 0.3 is 5.69 Å². The van der Waals surface area contributed by atoms with Crippen molar-refractivity contribution >= 4 is 6.21 Å². The average molecular weight is 376 g/mol. The lowest BCUT2D eigenvalue weighted by atomic mass is 10.2. The van der Waals surface area contributed by atoms with E-state index in [1.807, 2.05) is 0 Å². The van der Waals surface area contributed by atoms with E-state index in [1.165, 1.54) is 35.4 Å². The monoisotopic (exact) mass is 376 g/mol. The number of rotatable bonds is 6. The number of quaternary nitrogens is 1. The highest BCUT2D eigenvalue weighted by molar-refractivity contribution is 5.81. The number of nitrogens with zero attached hydrogens (tertiary/aromatic N) is 2. The first-order chi connectivity index (χ1) is 13.0. The summed E-state index contributed by atoms with van der Waals surface area (Å²) in [5, 5.41) is 12.5.